The lowest BCUT2D eigenvalue weighted by atomic mass is 9.88. The molecule has 1 N–H and O–H groups in total. The van der Waals surface area contributed by atoms with Crippen LogP contribution in [0.2, 0.25) is 0 Å². The first-order chi connectivity index (χ1) is 8.81. The van der Waals surface area contributed by atoms with Crippen molar-refractivity contribution >= 4 is 10.9 Å². The second kappa shape index (κ2) is 4.69. The van der Waals surface area contributed by atoms with Crippen molar-refractivity contribution in [3.63, 3.8) is 0 Å². The number of nitrogens with one attached hydrogen (secondary N) is 1. The third kappa shape index (κ3) is 2.01. The van der Waals surface area contributed by atoms with Gasteiger partial charge in [-0.1, -0.05) is 25.1 Å². The minimum atomic E-state index is 0.436. The summed E-state index contributed by atoms with van der Waals surface area (Å²) in [7, 11) is 2.07. The highest BCUT2D eigenvalue weighted by molar-refractivity contribution is 5.82. The van der Waals surface area contributed by atoms with Gasteiger partial charge in [0.2, 0.25) is 0 Å². The van der Waals surface area contributed by atoms with Gasteiger partial charge in [0.15, 0.2) is 0 Å². The molecule has 1 aromatic heterocycles. The van der Waals surface area contributed by atoms with Crippen molar-refractivity contribution in [3.05, 3.63) is 42.1 Å². The Morgan fingerprint density at radius 3 is 2.78 bits per heavy atom. The van der Waals surface area contributed by atoms with Gasteiger partial charge in [-0.25, -0.2) is 0 Å². The number of fused-ring (bicyclic) bond motifs is 1. The third-order valence-corrected chi connectivity index (χ3v) is 4.22. The standard InChI is InChI=1S/C16H20N2/c1-11(12-8-9-12)16(17-2)14-5-3-7-15-13(14)6-4-10-18-15/h3-7,10-12,16-17H,8-9H2,1-2H3. The summed E-state index contributed by atoms with van der Waals surface area (Å²) < 4.78 is 0. The molecule has 0 radical (unpaired) electrons. The van der Waals surface area contributed by atoms with Gasteiger partial charge in [-0.05, 0) is 49.4 Å². The smallest absolute Gasteiger partial charge is 0.0705 e. The lowest BCUT2D eigenvalue weighted by molar-refractivity contribution is 0.371. The zero-order valence-corrected chi connectivity index (χ0v) is 11.1. The molecule has 3 rings (SSSR count). The lowest BCUT2D eigenvalue weighted by Gasteiger charge is -2.25. The Kier molecular flexibility index (Phi) is 3.04. The van der Waals surface area contributed by atoms with E-state index in [-0.39, 0.29) is 0 Å². The molecule has 2 aromatic rings. The molecule has 2 nitrogen and oxygen atoms in total. The van der Waals surface area contributed by atoms with E-state index in [4.69, 9.17) is 0 Å². The van der Waals surface area contributed by atoms with E-state index in [0.29, 0.717) is 12.0 Å². The highest BCUT2D eigenvalue weighted by atomic mass is 14.9. The summed E-state index contributed by atoms with van der Waals surface area (Å²) in [5, 5.41) is 4.79. The van der Waals surface area contributed by atoms with Gasteiger partial charge in [-0.3, -0.25) is 4.98 Å². The van der Waals surface area contributed by atoms with Crippen molar-refractivity contribution in [1.29, 1.82) is 0 Å². The van der Waals surface area contributed by atoms with Crippen LogP contribution in [0.5, 0.6) is 0 Å². The van der Waals surface area contributed by atoms with Crippen LogP contribution in [0, 0.1) is 11.8 Å². The van der Waals surface area contributed by atoms with Gasteiger partial charge in [0.05, 0.1) is 5.52 Å². The minimum Gasteiger partial charge on any atom is -0.313 e. The molecule has 0 saturated heterocycles. The fraction of sp³-hybridized carbons (Fsp3) is 0.438. The molecule has 18 heavy (non-hydrogen) atoms. The molecule has 2 heteroatoms. The largest absolute Gasteiger partial charge is 0.313 e. The predicted octanol–water partition coefficient (Wildman–Crippen LogP) is 3.54. The number of hydrogen-bond donors (Lipinski definition) is 1. The average molecular weight is 240 g/mol. The van der Waals surface area contributed by atoms with E-state index in [1.165, 1.54) is 23.8 Å². The molecule has 94 valence electrons. The maximum absolute atomic E-state index is 4.45. The number of nitrogens with zero attached hydrogens (tertiary/aromatic N) is 1. The molecule has 0 amide bonds. The fourth-order valence-electron chi connectivity index (χ4n) is 2.99. The summed E-state index contributed by atoms with van der Waals surface area (Å²) in [4.78, 5) is 4.45. The molecule has 1 heterocycles. The van der Waals surface area contributed by atoms with E-state index in [2.05, 4.69) is 48.5 Å². The first kappa shape index (κ1) is 11.7. The Morgan fingerprint density at radius 1 is 1.22 bits per heavy atom. The van der Waals surface area contributed by atoms with Gasteiger partial charge in [0.1, 0.15) is 0 Å². The highest BCUT2D eigenvalue weighted by Crippen LogP contribution is 2.43. The average Bonchev–Trinajstić information content (AvgIpc) is 3.24. The van der Waals surface area contributed by atoms with Crippen LogP contribution < -0.4 is 5.32 Å². The predicted molar refractivity (Wildman–Crippen MR) is 75.4 cm³/mol. The molecule has 1 fully saturated rings. The maximum atomic E-state index is 4.45. The summed E-state index contributed by atoms with van der Waals surface area (Å²) in [5.41, 5.74) is 2.49. The molecule has 0 spiro atoms. The monoisotopic (exact) mass is 240 g/mol. The molecule has 2 unspecified atom stereocenters. The third-order valence-electron chi connectivity index (χ3n) is 4.22. The van der Waals surface area contributed by atoms with Gasteiger partial charge < -0.3 is 5.32 Å². The van der Waals surface area contributed by atoms with Crippen LogP contribution in [-0.2, 0) is 0 Å². The summed E-state index contributed by atoms with van der Waals surface area (Å²) in [6.45, 7) is 2.37. The van der Waals surface area contributed by atoms with E-state index in [9.17, 15) is 0 Å². The lowest BCUT2D eigenvalue weighted by Crippen LogP contribution is -2.25. The van der Waals surface area contributed by atoms with Crippen LogP contribution in [0.15, 0.2) is 36.5 Å². The van der Waals surface area contributed by atoms with Crippen LogP contribution in [0.25, 0.3) is 10.9 Å². The second-order valence-corrected chi connectivity index (χ2v) is 5.38. The number of pyridine rings is 1. The van der Waals surface area contributed by atoms with E-state index in [1.807, 2.05) is 12.3 Å². The number of hydrogen-bond acceptors (Lipinski definition) is 2. The molecule has 1 aromatic carbocycles. The van der Waals surface area contributed by atoms with Crippen molar-refractivity contribution in [2.45, 2.75) is 25.8 Å². The zero-order chi connectivity index (χ0) is 12.5. The Labute approximate surface area is 108 Å². The summed E-state index contributed by atoms with van der Waals surface area (Å²) >= 11 is 0. The normalized spacial score (nSPS) is 18.8. The Balaban J connectivity index is 2.05. The molecule has 0 bridgehead atoms. The van der Waals surface area contributed by atoms with Crippen molar-refractivity contribution in [2.24, 2.45) is 11.8 Å². The minimum absolute atomic E-state index is 0.436. The van der Waals surface area contributed by atoms with Crippen molar-refractivity contribution in [2.75, 3.05) is 7.05 Å². The molecule has 0 aliphatic heterocycles. The Morgan fingerprint density at radius 2 is 2.06 bits per heavy atom. The summed E-state index contributed by atoms with van der Waals surface area (Å²) in [6, 6.07) is 11.1. The Hall–Kier alpha value is -1.41. The molecule has 1 saturated carbocycles. The van der Waals surface area contributed by atoms with E-state index < -0.39 is 0 Å². The van der Waals surface area contributed by atoms with E-state index >= 15 is 0 Å². The van der Waals surface area contributed by atoms with Crippen LogP contribution in [0.4, 0.5) is 0 Å². The topological polar surface area (TPSA) is 24.9 Å². The van der Waals surface area contributed by atoms with Gasteiger partial charge >= 0.3 is 0 Å². The second-order valence-electron chi connectivity index (χ2n) is 5.38. The van der Waals surface area contributed by atoms with Gasteiger partial charge in [-0.2, -0.15) is 0 Å². The van der Waals surface area contributed by atoms with Crippen molar-refractivity contribution in [3.8, 4) is 0 Å². The summed E-state index contributed by atoms with van der Waals surface area (Å²) in [5.74, 6) is 1.59. The van der Waals surface area contributed by atoms with Crippen LogP contribution in [-0.4, -0.2) is 12.0 Å². The van der Waals surface area contributed by atoms with Crippen LogP contribution >= 0.6 is 0 Å². The van der Waals surface area contributed by atoms with Gasteiger partial charge in [0.25, 0.3) is 0 Å². The van der Waals surface area contributed by atoms with Gasteiger partial charge in [0, 0.05) is 17.6 Å². The van der Waals surface area contributed by atoms with E-state index in [1.54, 1.807) is 0 Å². The first-order valence-corrected chi connectivity index (χ1v) is 6.82. The molecule has 1 aliphatic carbocycles. The van der Waals surface area contributed by atoms with Crippen LogP contribution in [0.3, 0.4) is 0 Å². The van der Waals surface area contributed by atoms with Gasteiger partial charge in [-0.15, -0.1) is 0 Å². The Bertz CT molecular complexity index is 540. The zero-order valence-electron chi connectivity index (χ0n) is 11.1. The molecular formula is C16H20N2. The fourth-order valence-corrected chi connectivity index (χ4v) is 2.99. The SMILES string of the molecule is CNC(c1cccc2ncccc12)C(C)C1CC1. The number of aromatic nitrogens is 1. The number of rotatable bonds is 4. The van der Waals surface area contributed by atoms with E-state index in [0.717, 1.165) is 11.4 Å². The quantitative estimate of drug-likeness (QED) is 0.884. The number of benzene rings is 1. The highest BCUT2D eigenvalue weighted by Gasteiger charge is 2.33. The van der Waals surface area contributed by atoms with Crippen molar-refractivity contribution in [1.82, 2.24) is 10.3 Å². The molecular weight excluding hydrogens is 220 g/mol. The summed E-state index contributed by atoms with van der Waals surface area (Å²) in [6.07, 6.45) is 4.65. The molecule has 1 aliphatic rings. The van der Waals surface area contributed by atoms with Crippen molar-refractivity contribution < 1.29 is 0 Å². The molecule has 2 atom stereocenters. The van der Waals surface area contributed by atoms with Crippen LogP contribution in [0.1, 0.15) is 31.4 Å². The first-order valence-electron chi connectivity index (χ1n) is 6.82. The maximum Gasteiger partial charge on any atom is 0.0705 e.